The van der Waals surface area contributed by atoms with Gasteiger partial charge in [0.1, 0.15) is 0 Å². The predicted molar refractivity (Wildman–Crippen MR) is 72.6 cm³/mol. The Kier molecular flexibility index (Phi) is 5.79. The molecular formula is C14H18F2O2S. The molecule has 1 aromatic carbocycles. The number of ketones is 1. The Labute approximate surface area is 114 Å². The maximum absolute atomic E-state index is 13.1. The van der Waals surface area contributed by atoms with Gasteiger partial charge in [-0.3, -0.25) is 9.00 Å². The molecule has 2 unspecified atom stereocenters. The number of benzene rings is 1. The van der Waals surface area contributed by atoms with Crippen molar-refractivity contribution in [3.05, 3.63) is 35.4 Å². The van der Waals surface area contributed by atoms with Crippen molar-refractivity contribution in [3.8, 4) is 0 Å². The lowest BCUT2D eigenvalue weighted by Gasteiger charge is -2.12. The van der Waals surface area contributed by atoms with Crippen molar-refractivity contribution in [2.24, 2.45) is 5.92 Å². The summed E-state index contributed by atoms with van der Waals surface area (Å²) >= 11 is 0. The molecule has 0 spiro atoms. The third-order valence-electron chi connectivity index (χ3n) is 2.86. The first-order valence-corrected chi connectivity index (χ1v) is 7.57. The van der Waals surface area contributed by atoms with Gasteiger partial charge >= 0.3 is 0 Å². The van der Waals surface area contributed by atoms with Crippen molar-refractivity contribution in [2.75, 3.05) is 5.75 Å². The van der Waals surface area contributed by atoms with Crippen LogP contribution in [-0.4, -0.2) is 21.0 Å². The molecule has 0 radical (unpaired) electrons. The lowest BCUT2D eigenvalue weighted by molar-refractivity contribution is 0.0992. The van der Waals surface area contributed by atoms with Crippen LogP contribution in [0.1, 0.15) is 37.6 Å². The molecule has 0 heterocycles. The van der Waals surface area contributed by atoms with Gasteiger partial charge in [-0.1, -0.05) is 13.8 Å². The summed E-state index contributed by atoms with van der Waals surface area (Å²) in [6, 6.07) is 2.98. The highest BCUT2D eigenvalue weighted by atomic mass is 32.2. The summed E-state index contributed by atoms with van der Waals surface area (Å²) in [6.07, 6.45) is 0.766. The lowest BCUT2D eigenvalue weighted by Crippen LogP contribution is -2.25. The van der Waals surface area contributed by atoms with E-state index in [-0.39, 0.29) is 5.56 Å². The lowest BCUT2D eigenvalue weighted by atomic mass is 10.1. The zero-order valence-corrected chi connectivity index (χ0v) is 12.1. The van der Waals surface area contributed by atoms with E-state index in [4.69, 9.17) is 0 Å². The van der Waals surface area contributed by atoms with Crippen molar-refractivity contribution in [3.63, 3.8) is 0 Å². The van der Waals surface area contributed by atoms with E-state index in [0.717, 1.165) is 18.6 Å². The maximum atomic E-state index is 13.1. The second-order valence-corrected chi connectivity index (χ2v) is 6.78. The Balaban J connectivity index is 2.76. The van der Waals surface area contributed by atoms with E-state index >= 15 is 0 Å². The summed E-state index contributed by atoms with van der Waals surface area (Å²) in [5.74, 6) is -1.62. The van der Waals surface area contributed by atoms with Crippen molar-refractivity contribution in [1.82, 2.24) is 0 Å². The van der Waals surface area contributed by atoms with Gasteiger partial charge in [-0.25, -0.2) is 8.78 Å². The monoisotopic (exact) mass is 288 g/mol. The number of rotatable bonds is 6. The second-order valence-electron chi connectivity index (χ2n) is 4.90. The Morgan fingerprint density at radius 2 is 1.84 bits per heavy atom. The zero-order valence-electron chi connectivity index (χ0n) is 11.3. The minimum Gasteiger partial charge on any atom is -0.293 e. The van der Waals surface area contributed by atoms with Gasteiger partial charge in [-0.05, 0) is 37.5 Å². The van der Waals surface area contributed by atoms with E-state index in [2.05, 4.69) is 0 Å². The van der Waals surface area contributed by atoms with E-state index in [1.807, 2.05) is 13.8 Å². The first-order valence-electron chi connectivity index (χ1n) is 6.19. The summed E-state index contributed by atoms with van der Waals surface area (Å²) < 4.78 is 37.8. The fourth-order valence-electron chi connectivity index (χ4n) is 1.53. The fourth-order valence-corrected chi connectivity index (χ4v) is 2.96. The molecule has 0 N–H and O–H groups in total. The molecule has 0 bridgehead atoms. The van der Waals surface area contributed by atoms with Crippen LogP contribution in [0.15, 0.2) is 18.2 Å². The van der Waals surface area contributed by atoms with Gasteiger partial charge in [0, 0.05) is 22.1 Å². The van der Waals surface area contributed by atoms with Crippen LogP contribution in [0.2, 0.25) is 0 Å². The molecule has 19 heavy (non-hydrogen) atoms. The maximum Gasteiger partial charge on any atom is 0.178 e. The third kappa shape index (κ3) is 4.49. The zero-order chi connectivity index (χ0) is 14.6. The number of hydrogen-bond acceptors (Lipinski definition) is 2. The molecule has 1 rings (SSSR count). The first-order chi connectivity index (χ1) is 8.82. The normalized spacial score (nSPS) is 14.4. The average Bonchev–Trinajstić information content (AvgIpc) is 2.37. The Hall–Kier alpha value is -1.10. The van der Waals surface area contributed by atoms with Crippen LogP contribution < -0.4 is 0 Å². The molecule has 0 saturated heterocycles. The predicted octanol–water partition coefficient (Wildman–Crippen LogP) is 3.33. The molecule has 5 heteroatoms. The molecule has 1 aromatic rings. The summed E-state index contributed by atoms with van der Waals surface area (Å²) in [5, 5.41) is -0.705. The molecule has 0 aliphatic heterocycles. The summed E-state index contributed by atoms with van der Waals surface area (Å²) in [5.41, 5.74) is 0.0595. The molecule has 0 saturated carbocycles. The number of Topliss-reactive ketones (excluding diaryl/α,β-unsaturated/α-hetero) is 1. The number of carbonyl (C=O) groups is 1. The molecule has 2 atom stereocenters. The molecule has 106 valence electrons. The molecule has 0 fully saturated rings. The van der Waals surface area contributed by atoms with Gasteiger partial charge in [0.05, 0.1) is 5.25 Å². The summed E-state index contributed by atoms with van der Waals surface area (Å²) in [7, 11) is -1.29. The highest BCUT2D eigenvalue weighted by Gasteiger charge is 2.22. The highest BCUT2D eigenvalue weighted by Crippen LogP contribution is 2.14. The summed E-state index contributed by atoms with van der Waals surface area (Å²) in [4.78, 5) is 12.0. The second kappa shape index (κ2) is 6.89. The van der Waals surface area contributed by atoms with Crippen molar-refractivity contribution >= 4 is 16.6 Å². The van der Waals surface area contributed by atoms with Crippen LogP contribution in [0.25, 0.3) is 0 Å². The quantitative estimate of drug-likeness (QED) is 0.752. The van der Waals surface area contributed by atoms with Crippen LogP contribution in [0, 0.1) is 17.6 Å². The van der Waals surface area contributed by atoms with Gasteiger partial charge < -0.3 is 0 Å². The van der Waals surface area contributed by atoms with E-state index in [9.17, 15) is 17.8 Å². The smallest absolute Gasteiger partial charge is 0.178 e. The van der Waals surface area contributed by atoms with Crippen LogP contribution in [0.3, 0.4) is 0 Å². The van der Waals surface area contributed by atoms with Gasteiger partial charge in [0.25, 0.3) is 0 Å². The Bertz CT molecular complexity index is 486. The molecule has 0 aliphatic carbocycles. The number of carbonyl (C=O) groups excluding carboxylic acids is 1. The standard InChI is InChI=1S/C14H18F2O2S/c1-9(2)6-7-19(18)10(3)14(17)11-4-5-12(15)13(16)8-11/h4-5,8-10H,6-7H2,1-3H3. The van der Waals surface area contributed by atoms with Gasteiger partial charge in [0.2, 0.25) is 0 Å². The van der Waals surface area contributed by atoms with Crippen LogP contribution in [-0.2, 0) is 10.8 Å². The van der Waals surface area contributed by atoms with E-state index in [0.29, 0.717) is 11.7 Å². The van der Waals surface area contributed by atoms with Crippen molar-refractivity contribution < 1.29 is 17.8 Å². The van der Waals surface area contributed by atoms with Crippen LogP contribution in [0.4, 0.5) is 8.78 Å². The minimum atomic E-state index is -1.29. The van der Waals surface area contributed by atoms with Crippen molar-refractivity contribution in [2.45, 2.75) is 32.4 Å². The molecule has 0 aromatic heterocycles. The Morgan fingerprint density at radius 1 is 1.21 bits per heavy atom. The highest BCUT2D eigenvalue weighted by molar-refractivity contribution is 7.86. The molecule has 0 amide bonds. The molecule has 2 nitrogen and oxygen atoms in total. The molecular weight excluding hydrogens is 270 g/mol. The largest absolute Gasteiger partial charge is 0.293 e. The average molecular weight is 288 g/mol. The van der Waals surface area contributed by atoms with Gasteiger partial charge in [0.15, 0.2) is 17.4 Å². The van der Waals surface area contributed by atoms with E-state index in [1.165, 1.54) is 6.07 Å². The van der Waals surface area contributed by atoms with Crippen LogP contribution >= 0.6 is 0 Å². The topological polar surface area (TPSA) is 34.1 Å². The SMILES string of the molecule is CC(C)CCS(=O)C(C)C(=O)c1ccc(F)c(F)c1. The number of hydrogen-bond donors (Lipinski definition) is 0. The first kappa shape index (κ1) is 16.0. The van der Waals surface area contributed by atoms with E-state index < -0.39 is 33.5 Å². The fraction of sp³-hybridized carbons (Fsp3) is 0.500. The third-order valence-corrected chi connectivity index (χ3v) is 4.50. The van der Waals surface area contributed by atoms with Gasteiger partial charge in [-0.2, -0.15) is 0 Å². The van der Waals surface area contributed by atoms with E-state index in [1.54, 1.807) is 6.92 Å². The minimum absolute atomic E-state index is 0.0595. The van der Waals surface area contributed by atoms with Crippen LogP contribution in [0.5, 0.6) is 0 Å². The van der Waals surface area contributed by atoms with Gasteiger partial charge in [-0.15, -0.1) is 0 Å². The van der Waals surface area contributed by atoms with Crippen molar-refractivity contribution in [1.29, 1.82) is 0 Å². The number of halogens is 2. The molecule has 0 aliphatic rings. The summed E-state index contributed by atoms with van der Waals surface area (Å²) in [6.45, 7) is 5.58. The Morgan fingerprint density at radius 3 is 2.37 bits per heavy atom.